The van der Waals surface area contributed by atoms with Gasteiger partial charge in [-0.1, -0.05) is 36.4 Å². The molecule has 0 radical (unpaired) electrons. The topological polar surface area (TPSA) is 117 Å². The lowest BCUT2D eigenvalue weighted by Crippen LogP contribution is -2.32. The number of anilines is 1. The average molecular weight is 510 g/mol. The maximum atomic E-state index is 14.7. The van der Waals surface area contributed by atoms with Crippen molar-refractivity contribution < 1.29 is 9.50 Å². The van der Waals surface area contributed by atoms with Gasteiger partial charge in [0.1, 0.15) is 17.2 Å². The summed E-state index contributed by atoms with van der Waals surface area (Å²) in [6.07, 6.45) is 3.82. The monoisotopic (exact) mass is 509 g/mol. The van der Waals surface area contributed by atoms with E-state index in [1.165, 1.54) is 6.07 Å². The molecule has 1 aliphatic heterocycles. The summed E-state index contributed by atoms with van der Waals surface area (Å²) >= 11 is 0. The second-order valence-electron chi connectivity index (χ2n) is 10.4. The van der Waals surface area contributed by atoms with Crippen LogP contribution < -0.4 is 10.6 Å². The zero-order valence-electron chi connectivity index (χ0n) is 21.0. The fourth-order valence-corrected chi connectivity index (χ4v) is 6.71. The highest BCUT2D eigenvalue weighted by Gasteiger charge is 2.66. The molecule has 3 aromatic heterocycles. The van der Waals surface area contributed by atoms with Crippen LogP contribution in [0.3, 0.4) is 0 Å². The number of nitrogens with one attached hydrogen (secondary N) is 1. The quantitative estimate of drug-likeness (QED) is 0.326. The van der Waals surface area contributed by atoms with E-state index in [1.807, 2.05) is 36.4 Å². The molecule has 2 fully saturated rings. The van der Waals surface area contributed by atoms with E-state index in [9.17, 15) is 9.50 Å². The molecule has 0 spiro atoms. The van der Waals surface area contributed by atoms with E-state index < -0.39 is 6.10 Å². The summed E-state index contributed by atoms with van der Waals surface area (Å²) in [4.78, 5) is 16.4. The van der Waals surface area contributed by atoms with Gasteiger partial charge in [-0.05, 0) is 42.9 Å². The Kier molecular flexibility index (Phi) is 5.21. The predicted octanol–water partition coefficient (Wildman–Crippen LogP) is 4.11. The second kappa shape index (κ2) is 8.54. The summed E-state index contributed by atoms with van der Waals surface area (Å²) in [5, 5.41) is 18.7. The number of halogens is 1. The van der Waals surface area contributed by atoms with Gasteiger partial charge < -0.3 is 15.7 Å². The number of aliphatic hydroxyl groups excluding tert-OH is 1. The molecule has 1 aliphatic carbocycles. The zero-order valence-corrected chi connectivity index (χ0v) is 21.0. The minimum atomic E-state index is -0.630. The summed E-state index contributed by atoms with van der Waals surface area (Å²) in [5.74, 6) is 1.24. The van der Waals surface area contributed by atoms with Crippen molar-refractivity contribution in [1.82, 2.24) is 25.1 Å². The molecule has 2 aromatic carbocycles. The van der Waals surface area contributed by atoms with Crippen molar-refractivity contribution in [3.05, 3.63) is 77.9 Å². The first kappa shape index (κ1) is 23.2. The van der Waals surface area contributed by atoms with Crippen LogP contribution in [-0.4, -0.2) is 49.9 Å². The van der Waals surface area contributed by atoms with Crippen LogP contribution in [0.1, 0.15) is 30.6 Å². The normalized spacial score (nSPS) is 23.5. The Labute approximate surface area is 218 Å². The van der Waals surface area contributed by atoms with Crippen molar-refractivity contribution in [3.8, 4) is 11.3 Å². The first-order valence-corrected chi connectivity index (χ1v) is 13.0. The number of hydrogen-bond donors (Lipinski definition) is 3. The third kappa shape index (κ3) is 3.28. The smallest absolute Gasteiger partial charge is 0.202 e. The maximum absolute atomic E-state index is 14.7. The van der Waals surface area contributed by atoms with Crippen LogP contribution in [0.15, 0.2) is 60.9 Å². The Hall–Kier alpha value is -3.95. The number of piperidine rings is 1. The van der Waals surface area contributed by atoms with Gasteiger partial charge in [-0.25, -0.2) is 14.4 Å². The summed E-state index contributed by atoms with van der Waals surface area (Å²) in [5.41, 5.74) is 11.1. The molecule has 192 valence electrons. The van der Waals surface area contributed by atoms with E-state index in [0.717, 1.165) is 58.6 Å². The first-order chi connectivity index (χ1) is 18.5. The van der Waals surface area contributed by atoms with Crippen molar-refractivity contribution in [1.29, 1.82) is 0 Å². The lowest BCUT2D eigenvalue weighted by Gasteiger charge is -2.26. The van der Waals surface area contributed by atoms with Gasteiger partial charge in [0, 0.05) is 47.8 Å². The molecule has 0 amide bonds. The lowest BCUT2D eigenvalue weighted by atomic mass is 9.91. The van der Waals surface area contributed by atoms with Gasteiger partial charge in [-0.15, -0.1) is 0 Å². The number of aromatic nitrogens is 5. The summed E-state index contributed by atoms with van der Waals surface area (Å²) in [6, 6.07) is 14.7. The molecule has 9 heteroatoms. The predicted molar refractivity (Wildman–Crippen MR) is 144 cm³/mol. The van der Waals surface area contributed by atoms with Crippen LogP contribution in [0.2, 0.25) is 0 Å². The molecule has 0 bridgehead atoms. The molecule has 4 N–H and O–H groups in total. The van der Waals surface area contributed by atoms with Gasteiger partial charge in [0.05, 0.1) is 23.5 Å². The number of aromatic amines is 1. The molecule has 4 heterocycles. The maximum Gasteiger partial charge on any atom is 0.202 e. The number of pyridine rings is 1. The molecule has 1 saturated carbocycles. The minimum Gasteiger partial charge on any atom is -0.389 e. The highest BCUT2D eigenvalue weighted by Crippen LogP contribution is 2.63. The van der Waals surface area contributed by atoms with Crippen LogP contribution in [0.4, 0.5) is 10.2 Å². The Balaban J connectivity index is 1.21. The first-order valence-electron chi connectivity index (χ1n) is 13.0. The zero-order chi connectivity index (χ0) is 26.0. The van der Waals surface area contributed by atoms with Crippen LogP contribution in [0.5, 0.6) is 0 Å². The fraction of sp³-hybridized carbons (Fsp3) is 0.310. The van der Waals surface area contributed by atoms with Crippen molar-refractivity contribution in [2.45, 2.75) is 24.9 Å². The third-order valence-electron chi connectivity index (χ3n) is 8.64. The van der Waals surface area contributed by atoms with E-state index >= 15 is 0 Å². The van der Waals surface area contributed by atoms with Crippen molar-refractivity contribution in [2.75, 3.05) is 24.5 Å². The Morgan fingerprint density at radius 3 is 2.82 bits per heavy atom. The van der Waals surface area contributed by atoms with Crippen molar-refractivity contribution in [2.24, 2.45) is 17.6 Å². The van der Waals surface area contributed by atoms with Crippen LogP contribution in [0.25, 0.3) is 33.3 Å². The van der Waals surface area contributed by atoms with E-state index in [1.54, 1.807) is 25.4 Å². The number of H-pyrrole nitrogens is 1. The molecule has 38 heavy (non-hydrogen) atoms. The number of hydrogen-bond acceptors (Lipinski definition) is 7. The molecular formula is C29H28FN7O. The number of fused-ring (bicyclic) bond motifs is 3. The lowest BCUT2D eigenvalue weighted by molar-refractivity contribution is 0.200. The molecule has 1 saturated heterocycles. The van der Waals surface area contributed by atoms with E-state index in [2.05, 4.69) is 20.1 Å². The fourth-order valence-electron chi connectivity index (χ4n) is 6.71. The molecule has 5 aromatic rings. The Morgan fingerprint density at radius 2 is 2.00 bits per heavy atom. The molecule has 1 unspecified atom stereocenters. The number of nitrogens with zero attached hydrogens (tertiary/aromatic N) is 5. The van der Waals surface area contributed by atoms with Crippen LogP contribution in [-0.2, 0) is 5.41 Å². The Morgan fingerprint density at radius 1 is 1.13 bits per heavy atom. The molecule has 2 aliphatic rings. The molecular weight excluding hydrogens is 481 g/mol. The van der Waals surface area contributed by atoms with Gasteiger partial charge in [-0.2, -0.15) is 5.10 Å². The number of rotatable bonds is 5. The minimum absolute atomic E-state index is 0.173. The highest BCUT2D eigenvalue weighted by molar-refractivity contribution is 6.01. The van der Waals surface area contributed by atoms with Crippen molar-refractivity contribution >= 4 is 27.9 Å². The standard InChI is InChI=1S/C29H28FN7O/c1-16(38)17-8-9-19(18-5-4-11-32-25(17)18)26-27-28(36-35-26)34-24(13-33-27)37-12-10-20-22(14-37)29(20,15-31)21-6-2-3-7-23(21)30/h2-9,11,13,16,20,22,38H,10,12,14-15,31H2,1H3,(H,34,35,36)/t16?,20-,22+,29-/m1/s1. The molecule has 8 nitrogen and oxygen atoms in total. The van der Waals surface area contributed by atoms with E-state index in [-0.39, 0.29) is 17.2 Å². The number of benzene rings is 2. The van der Waals surface area contributed by atoms with Gasteiger partial charge in [-0.3, -0.25) is 10.1 Å². The summed E-state index contributed by atoms with van der Waals surface area (Å²) in [7, 11) is 0. The van der Waals surface area contributed by atoms with E-state index in [4.69, 9.17) is 15.7 Å². The third-order valence-corrected chi connectivity index (χ3v) is 8.64. The number of nitrogens with two attached hydrogens (primary N) is 1. The highest BCUT2D eigenvalue weighted by atomic mass is 19.1. The Bertz CT molecular complexity index is 1680. The van der Waals surface area contributed by atoms with Crippen LogP contribution >= 0.6 is 0 Å². The number of aliphatic hydroxyl groups is 1. The summed E-state index contributed by atoms with van der Waals surface area (Å²) < 4.78 is 14.7. The largest absolute Gasteiger partial charge is 0.389 e. The molecule has 7 rings (SSSR count). The van der Waals surface area contributed by atoms with Gasteiger partial charge in [0.15, 0.2) is 0 Å². The van der Waals surface area contributed by atoms with Crippen LogP contribution in [0, 0.1) is 17.7 Å². The van der Waals surface area contributed by atoms with Crippen molar-refractivity contribution in [3.63, 3.8) is 0 Å². The van der Waals surface area contributed by atoms with Gasteiger partial charge in [0.25, 0.3) is 0 Å². The summed E-state index contributed by atoms with van der Waals surface area (Å²) in [6.45, 7) is 3.73. The molecule has 4 atom stereocenters. The van der Waals surface area contributed by atoms with Gasteiger partial charge in [0.2, 0.25) is 5.65 Å². The van der Waals surface area contributed by atoms with Gasteiger partial charge >= 0.3 is 0 Å². The average Bonchev–Trinajstić information content (AvgIpc) is 3.41. The second-order valence-corrected chi connectivity index (χ2v) is 10.4. The van der Waals surface area contributed by atoms with E-state index in [0.29, 0.717) is 23.6 Å². The SMILES string of the molecule is CC(O)c1ccc(-c2[nH]nc3nc(N4CC[C@@H]5[C@H](C4)[C@@]5(CN)c4ccccc4F)cnc23)c2cccnc12.